The standard InChI is InChI=1S/C2H4OSi3/c1-4-2-6-3-5-1/h1-2H2. The van der Waals surface area contributed by atoms with Crippen molar-refractivity contribution in [3.05, 3.63) is 0 Å². The van der Waals surface area contributed by atoms with E-state index in [-0.39, 0.29) is 0 Å². The van der Waals surface area contributed by atoms with Crippen molar-refractivity contribution in [2.45, 2.75) is 11.3 Å². The van der Waals surface area contributed by atoms with Gasteiger partial charge in [-0.05, 0) is 11.3 Å². The highest BCUT2D eigenvalue weighted by molar-refractivity contribution is 6.67. The van der Waals surface area contributed by atoms with Crippen molar-refractivity contribution in [1.29, 1.82) is 0 Å². The van der Waals surface area contributed by atoms with E-state index >= 15 is 0 Å². The van der Waals surface area contributed by atoms with Gasteiger partial charge in [-0.15, -0.1) is 0 Å². The molecule has 0 aromatic carbocycles. The van der Waals surface area contributed by atoms with E-state index in [9.17, 15) is 0 Å². The van der Waals surface area contributed by atoms with Crippen LogP contribution in [0.25, 0.3) is 0 Å². The van der Waals surface area contributed by atoms with Crippen molar-refractivity contribution in [2.24, 2.45) is 0 Å². The van der Waals surface area contributed by atoms with E-state index in [0.717, 1.165) is 19.5 Å². The monoisotopic (exact) mass is 128 g/mol. The third kappa shape index (κ3) is 1.38. The fraction of sp³-hybridized carbons (Fsp3) is 1.00. The zero-order valence-electron chi connectivity index (χ0n) is 3.32. The number of rotatable bonds is 0. The normalized spacial score (nSPS) is 24.0. The second-order valence-corrected chi connectivity index (χ2v) is 5.72. The summed E-state index contributed by atoms with van der Waals surface area (Å²) < 4.78 is 5.13. The summed E-state index contributed by atoms with van der Waals surface area (Å²) in [6.45, 7) is 0. The number of hydrogen-bond donors (Lipinski definition) is 0. The quantitative estimate of drug-likeness (QED) is 0.407. The Kier molecular flexibility index (Phi) is 2.17. The predicted molar refractivity (Wildman–Crippen MR) is 28.0 cm³/mol. The number of hydrogen-bond acceptors (Lipinski definition) is 1. The maximum Gasteiger partial charge on any atom is 0.211 e. The van der Waals surface area contributed by atoms with Crippen LogP contribution >= 0.6 is 0 Å². The van der Waals surface area contributed by atoms with E-state index in [1.807, 2.05) is 0 Å². The topological polar surface area (TPSA) is 9.23 Å². The molecule has 30 valence electrons. The fourth-order valence-corrected chi connectivity index (χ4v) is 5.01. The molecule has 1 rings (SSSR count). The third-order valence-electron chi connectivity index (χ3n) is 0.539. The zero-order chi connectivity index (χ0) is 4.24. The highest BCUT2D eigenvalue weighted by atomic mass is 28.4. The molecule has 1 saturated heterocycles. The molecule has 6 heavy (non-hydrogen) atoms. The lowest BCUT2D eigenvalue weighted by Crippen LogP contribution is -2.15. The Morgan fingerprint density at radius 2 is 1.83 bits per heavy atom. The van der Waals surface area contributed by atoms with Crippen molar-refractivity contribution in [3.63, 3.8) is 0 Å². The molecule has 0 unspecified atom stereocenters. The maximum absolute atomic E-state index is 5.13. The van der Waals surface area contributed by atoms with E-state index in [4.69, 9.17) is 4.12 Å². The van der Waals surface area contributed by atoms with Crippen LogP contribution in [0.1, 0.15) is 0 Å². The molecular weight excluding hydrogens is 124 g/mol. The molecule has 0 atom stereocenters. The minimum Gasteiger partial charge on any atom is -0.457 e. The summed E-state index contributed by atoms with van der Waals surface area (Å²) in [6, 6.07) is 0. The van der Waals surface area contributed by atoms with Gasteiger partial charge in [0.2, 0.25) is 19.5 Å². The van der Waals surface area contributed by atoms with E-state index in [0.29, 0.717) is 0 Å². The van der Waals surface area contributed by atoms with Crippen LogP contribution in [0.15, 0.2) is 0 Å². The Hall–Kier alpha value is 0.611. The summed E-state index contributed by atoms with van der Waals surface area (Å²) in [4.78, 5) is 0. The van der Waals surface area contributed by atoms with Gasteiger partial charge in [0, 0.05) is 9.52 Å². The Morgan fingerprint density at radius 1 is 1.17 bits per heavy atom. The van der Waals surface area contributed by atoms with Crippen molar-refractivity contribution in [2.75, 3.05) is 0 Å². The van der Waals surface area contributed by atoms with Crippen LogP contribution in [-0.4, -0.2) is 29.0 Å². The van der Waals surface area contributed by atoms with Gasteiger partial charge in [0.25, 0.3) is 0 Å². The smallest absolute Gasteiger partial charge is 0.211 e. The third-order valence-corrected chi connectivity index (χ3v) is 4.85. The zero-order valence-corrected chi connectivity index (χ0v) is 6.32. The average molecular weight is 128 g/mol. The van der Waals surface area contributed by atoms with Gasteiger partial charge in [0.05, 0.1) is 0 Å². The predicted octanol–water partition coefficient (Wildman–Crippen LogP) is -0.289. The summed E-state index contributed by atoms with van der Waals surface area (Å²) in [5.74, 6) is 0. The largest absolute Gasteiger partial charge is 0.457 e. The Balaban J connectivity index is 2.00. The molecule has 0 aromatic rings. The van der Waals surface area contributed by atoms with Crippen LogP contribution in [0.3, 0.4) is 0 Å². The molecule has 0 N–H and O–H groups in total. The van der Waals surface area contributed by atoms with Gasteiger partial charge >= 0.3 is 0 Å². The van der Waals surface area contributed by atoms with Gasteiger partial charge in [-0.2, -0.15) is 0 Å². The molecule has 1 heterocycles. The fourth-order valence-electron chi connectivity index (χ4n) is 0.288. The molecule has 1 aliphatic rings. The highest BCUT2D eigenvalue weighted by Crippen LogP contribution is 1.90. The van der Waals surface area contributed by atoms with Gasteiger partial charge in [-0.1, -0.05) is 0 Å². The summed E-state index contributed by atoms with van der Waals surface area (Å²) in [5.41, 5.74) is 2.68. The first-order valence-corrected chi connectivity index (χ1v) is 5.47. The molecule has 1 nitrogen and oxygen atoms in total. The van der Waals surface area contributed by atoms with Crippen molar-refractivity contribution < 1.29 is 4.12 Å². The lowest BCUT2D eigenvalue weighted by Gasteiger charge is -2.03. The molecule has 0 saturated carbocycles. The molecule has 1 aliphatic heterocycles. The molecule has 0 aliphatic carbocycles. The minimum atomic E-state index is 0.826. The SMILES string of the molecule is C1[Si]C[Si]O[Si]1. The van der Waals surface area contributed by atoms with Crippen LogP contribution in [-0.2, 0) is 4.12 Å². The first-order chi connectivity index (χ1) is 3.00. The first kappa shape index (κ1) is 4.76. The minimum absolute atomic E-state index is 0.826. The van der Waals surface area contributed by atoms with Gasteiger partial charge < -0.3 is 4.12 Å². The van der Waals surface area contributed by atoms with Crippen LogP contribution in [0.2, 0.25) is 11.3 Å². The molecule has 1 fully saturated rings. The average Bonchev–Trinajstić information content (AvgIpc) is 1.72. The van der Waals surface area contributed by atoms with E-state index in [1.54, 1.807) is 0 Å². The first-order valence-electron chi connectivity index (χ1n) is 1.82. The summed E-state index contributed by atoms with van der Waals surface area (Å²) in [6.07, 6.45) is 0. The highest BCUT2D eigenvalue weighted by Gasteiger charge is 2.00. The molecule has 0 bridgehead atoms. The molecule has 0 amide bonds. The second-order valence-electron chi connectivity index (χ2n) is 0.994. The molecule has 4 heteroatoms. The lowest BCUT2D eigenvalue weighted by molar-refractivity contribution is 0.642. The molecule has 0 aromatic heterocycles. The van der Waals surface area contributed by atoms with Crippen LogP contribution in [0, 0.1) is 0 Å². The van der Waals surface area contributed by atoms with Gasteiger partial charge in [0.1, 0.15) is 0 Å². The Morgan fingerprint density at radius 3 is 2.00 bits per heavy atom. The summed E-state index contributed by atoms with van der Waals surface area (Å²) in [5, 5.41) is 0. The van der Waals surface area contributed by atoms with Crippen molar-refractivity contribution in [1.82, 2.24) is 0 Å². The van der Waals surface area contributed by atoms with Crippen molar-refractivity contribution in [3.8, 4) is 0 Å². The van der Waals surface area contributed by atoms with Crippen molar-refractivity contribution >= 4 is 29.0 Å². The van der Waals surface area contributed by atoms with E-state index < -0.39 is 0 Å². The van der Waals surface area contributed by atoms with Crippen LogP contribution in [0.5, 0.6) is 0 Å². The van der Waals surface area contributed by atoms with Gasteiger partial charge in [-0.3, -0.25) is 0 Å². The van der Waals surface area contributed by atoms with Crippen LogP contribution < -0.4 is 0 Å². The lowest BCUT2D eigenvalue weighted by atomic mass is 11.8. The summed E-state index contributed by atoms with van der Waals surface area (Å²) >= 11 is 0. The Bertz CT molecular complexity index is 24.3. The van der Waals surface area contributed by atoms with Gasteiger partial charge in [-0.25, -0.2) is 0 Å². The maximum atomic E-state index is 5.13. The van der Waals surface area contributed by atoms with E-state index in [2.05, 4.69) is 0 Å². The second kappa shape index (κ2) is 2.73. The van der Waals surface area contributed by atoms with Crippen LogP contribution in [0.4, 0.5) is 0 Å². The molecule has 0 spiro atoms. The molecular formula is C2H4OSi3. The van der Waals surface area contributed by atoms with E-state index in [1.165, 1.54) is 20.9 Å². The summed E-state index contributed by atoms with van der Waals surface area (Å²) in [7, 11) is 2.85. The van der Waals surface area contributed by atoms with Gasteiger partial charge in [0.15, 0.2) is 0 Å². The molecule has 6 radical (unpaired) electrons. The Labute approximate surface area is 45.2 Å².